The molecule has 0 aromatic rings. The second-order valence-electron chi connectivity index (χ2n) is 8.65. The molecular formula is C23H46S2Sn. The normalized spacial score (nSPS) is 17.4. The Kier molecular flexibility index (Phi) is 14.7. The van der Waals surface area contributed by atoms with Gasteiger partial charge in [0.15, 0.2) is 0 Å². The standard InChI is InChI=1S/C11H19S2.3C4H9.Sn/c1-9(2)10(3)5-6-11-12-7-4-8-13-11;3*1-3-4-2;/h10-11H,1-2,4-8H2,3H3;3*1,3-4H2,2H3;/t10-;;;;/m0..../s1. The number of allylic oxidation sites excluding steroid dienone is 1. The van der Waals surface area contributed by atoms with Crippen LogP contribution in [0, 0.1) is 5.92 Å². The van der Waals surface area contributed by atoms with Gasteiger partial charge in [0.1, 0.15) is 0 Å². The Morgan fingerprint density at radius 2 is 1.46 bits per heavy atom. The van der Waals surface area contributed by atoms with Crippen LogP contribution in [0.3, 0.4) is 0 Å². The van der Waals surface area contributed by atoms with Crippen LogP contribution in [0.5, 0.6) is 0 Å². The molecule has 0 radical (unpaired) electrons. The Morgan fingerprint density at radius 3 is 1.92 bits per heavy atom. The summed E-state index contributed by atoms with van der Waals surface area (Å²) in [7, 11) is 0. The number of hydrogen-bond acceptors (Lipinski definition) is 2. The van der Waals surface area contributed by atoms with Gasteiger partial charge in [-0.3, -0.25) is 0 Å². The van der Waals surface area contributed by atoms with Crippen LogP contribution in [0.15, 0.2) is 12.2 Å². The molecule has 0 spiro atoms. The molecule has 1 aliphatic heterocycles. The molecule has 0 aliphatic carbocycles. The van der Waals surface area contributed by atoms with Crippen LogP contribution in [0.4, 0.5) is 0 Å². The quantitative estimate of drug-likeness (QED) is 0.161. The average Bonchev–Trinajstić information content (AvgIpc) is 2.67. The van der Waals surface area contributed by atoms with E-state index in [4.69, 9.17) is 0 Å². The zero-order valence-electron chi connectivity index (χ0n) is 18.3. The van der Waals surface area contributed by atoms with Crippen molar-refractivity contribution in [2.24, 2.45) is 5.92 Å². The monoisotopic (exact) mass is 506 g/mol. The van der Waals surface area contributed by atoms with E-state index in [1.807, 2.05) is 0 Å². The van der Waals surface area contributed by atoms with Crippen molar-refractivity contribution in [3.63, 3.8) is 0 Å². The first kappa shape index (κ1) is 25.3. The van der Waals surface area contributed by atoms with Gasteiger partial charge in [0.2, 0.25) is 0 Å². The Balaban J connectivity index is 2.61. The van der Waals surface area contributed by atoms with Gasteiger partial charge in [0.05, 0.1) is 0 Å². The van der Waals surface area contributed by atoms with Gasteiger partial charge in [-0.05, 0) is 0 Å². The van der Waals surface area contributed by atoms with Crippen LogP contribution in [0.25, 0.3) is 0 Å². The van der Waals surface area contributed by atoms with Gasteiger partial charge in [0, 0.05) is 0 Å². The molecule has 0 aromatic carbocycles. The SMILES string of the molecule is C=C([CH2][Sn]([CH2]CCC)([CH2]CCC)[CH2]CCC)[C@@H](C)CCC1SCCCS1. The summed E-state index contributed by atoms with van der Waals surface area (Å²) < 4.78 is 7.26. The Labute approximate surface area is 178 Å². The van der Waals surface area contributed by atoms with E-state index >= 15 is 0 Å². The molecule has 0 nitrogen and oxygen atoms in total. The van der Waals surface area contributed by atoms with E-state index in [9.17, 15) is 0 Å². The van der Waals surface area contributed by atoms with Gasteiger partial charge in [0.25, 0.3) is 0 Å². The summed E-state index contributed by atoms with van der Waals surface area (Å²) in [5, 5.41) is 0. The summed E-state index contributed by atoms with van der Waals surface area (Å²) in [6.45, 7) is 14.3. The van der Waals surface area contributed by atoms with Crippen molar-refractivity contribution in [1.29, 1.82) is 0 Å². The van der Waals surface area contributed by atoms with Crippen molar-refractivity contribution in [1.82, 2.24) is 0 Å². The first-order chi connectivity index (χ1) is 12.6. The number of hydrogen-bond donors (Lipinski definition) is 0. The van der Waals surface area contributed by atoms with Crippen LogP contribution < -0.4 is 0 Å². The molecular weight excluding hydrogens is 459 g/mol. The van der Waals surface area contributed by atoms with Crippen LogP contribution in [0.2, 0.25) is 17.7 Å². The van der Waals surface area contributed by atoms with E-state index < -0.39 is 18.4 Å². The van der Waals surface area contributed by atoms with Crippen LogP contribution in [0.1, 0.15) is 85.5 Å². The van der Waals surface area contributed by atoms with Crippen molar-refractivity contribution >= 4 is 41.9 Å². The van der Waals surface area contributed by atoms with Crippen molar-refractivity contribution in [3.05, 3.63) is 12.2 Å². The fourth-order valence-electron chi connectivity index (χ4n) is 4.24. The number of rotatable bonds is 15. The molecule has 26 heavy (non-hydrogen) atoms. The summed E-state index contributed by atoms with van der Waals surface area (Å²) >= 11 is 2.38. The first-order valence-electron chi connectivity index (χ1n) is 11.5. The number of thioether (sulfide) groups is 2. The molecule has 0 unspecified atom stereocenters. The van der Waals surface area contributed by atoms with E-state index in [0.29, 0.717) is 0 Å². The molecule has 0 N–H and O–H groups in total. The molecule has 1 saturated heterocycles. The first-order valence-corrected chi connectivity index (χ1v) is 21.6. The fourth-order valence-corrected chi connectivity index (χ4v) is 24.0. The van der Waals surface area contributed by atoms with Crippen LogP contribution in [-0.4, -0.2) is 34.5 Å². The van der Waals surface area contributed by atoms with Gasteiger partial charge in [-0.15, -0.1) is 0 Å². The van der Waals surface area contributed by atoms with Crippen LogP contribution in [-0.2, 0) is 0 Å². The third-order valence-corrected chi connectivity index (χ3v) is 24.8. The summed E-state index contributed by atoms with van der Waals surface area (Å²) in [5.41, 5.74) is 1.65. The molecule has 1 fully saturated rings. The van der Waals surface area contributed by atoms with E-state index in [2.05, 4.69) is 57.8 Å². The third kappa shape index (κ3) is 10.1. The van der Waals surface area contributed by atoms with E-state index in [1.54, 1.807) is 18.9 Å². The van der Waals surface area contributed by atoms with E-state index in [1.165, 1.54) is 73.7 Å². The average molecular weight is 505 g/mol. The minimum atomic E-state index is -2.04. The molecule has 1 heterocycles. The Hall–Kier alpha value is 1.24. The van der Waals surface area contributed by atoms with Crippen molar-refractivity contribution < 1.29 is 0 Å². The number of unbranched alkanes of at least 4 members (excludes halogenated alkanes) is 3. The zero-order chi connectivity index (χ0) is 19.3. The maximum absolute atomic E-state index is 4.67. The molecule has 3 heteroatoms. The summed E-state index contributed by atoms with van der Waals surface area (Å²) in [6, 6.07) is 0. The summed E-state index contributed by atoms with van der Waals surface area (Å²) in [6.07, 6.45) is 12.8. The molecule has 0 aromatic heterocycles. The van der Waals surface area contributed by atoms with Gasteiger partial charge in [-0.2, -0.15) is 0 Å². The third-order valence-electron chi connectivity index (χ3n) is 6.21. The van der Waals surface area contributed by atoms with Crippen molar-refractivity contribution in [3.8, 4) is 0 Å². The van der Waals surface area contributed by atoms with Crippen LogP contribution >= 0.6 is 23.5 Å². The zero-order valence-corrected chi connectivity index (χ0v) is 22.8. The molecule has 0 bridgehead atoms. The predicted molar refractivity (Wildman–Crippen MR) is 131 cm³/mol. The maximum atomic E-state index is 4.67. The molecule has 1 aliphatic rings. The predicted octanol–water partition coefficient (Wildman–Crippen LogP) is 9.00. The Morgan fingerprint density at radius 1 is 0.962 bits per heavy atom. The summed E-state index contributed by atoms with van der Waals surface area (Å²) in [5.74, 6) is 3.52. The minimum absolute atomic E-state index is 0.749. The topological polar surface area (TPSA) is 0 Å². The molecule has 0 saturated carbocycles. The van der Waals surface area contributed by atoms with Crippen molar-refractivity contribution in [2.45, 2.75) is 108 Å². The molecule has 1 atom stereocenters. The van der Waals surface area contributed by atoms with E-state index in [-0.39, 0.29) is 0 Å². The van der Waals surface area contributed by atoms with Gasteiger partial charge >= 0.3 is 179 Å². The van der Waals surface area contributed by atoms with Gasteiger partial charge in [-0.1, -0.05) is 0 Å². The van der Waals surface area contributed by atoms with Gasteiger partial charge < -0.3 is 0 Å². The second-order valence-corrected chi connectivity index (χ2v) is 25.4. The van der Waals surface area contributed by atoms with Gasteiger partial charge in [-0.25, -0.2) is 0 Å². The fraction of sp³-hybridized carbons (Fsp3) is 0.913. The Bertz CT molecular complexity index is 341. The molecule has 154 valence electrons. The van der Waals surface area contributed by atoms with E-state index in [0.717, 1.165) is 10.5 Å². The molecule has 1 rings (SSSR count). The molecule has 0 amide bonds. The second kappa shape index (κ2) is 15.1. The summed E-state index contributed by atoms with van der Waals surface area (Å²) in [4.78, 5) is 0. The van der Waals surface area contributed by atoms with Crippen molar-refractivity contribution in [2.75, 3.05) is 11.5 Å².